The molecule has 2 aliphatic heterocycles. The van der Waals surface area contributed by atoms with Gasteiger partial charge in [0.1, 0.15) is 0 Å². The summed E-state index contributed by atoms with van der Waals surface area (Å²) in [5.74, 6) is 0.457. The molecule has 1 unspecified atom stereocenters. The number of sulfone groups is 1. The smallest absolute Gasteiger partial charge is 0.237 e. The van der Waals surface area contributed by atoms with Gasteiger partial charge in [-0.2, -0.15) is 0 Å². The Kier molecular flexibility index (Phi) is 4.27. The van der Waals surface area contributed by atoms with Gasteiger partial charge in [0.2, 0.25) is 5.91 Å². The van der Waals surface area contributed by atoms with Gasteiger partial charge in [-0.15, -0.1) is 0 Å². The number of rotatable bonds is 4. The van der Waals surface area contributed by atoms with Crippen LogP contribution in [-0.4, -0.2) is 67.9 Å². The second-order valence-corrected chi connectivity index (χ2v) is 7.45. The number of likely N-dealkylation sites (tertiary alicyclic amines) is 1. The highest BCUT2D eigenvalue weighted by molar-refractivity contribution is 7.91. The Morgan fingerprint density at radius 2 is 2.00 bits per heavy atom. The molecular formula is C12H22N2O3S. The molecule has 0 spiro atoms. The number of nitrogens with zero attached hydrogens (tertiary/aromatic N) is 2. The minimum absolute atomic E-state index is 0.0847. The van der Waals surface area contributed by atoms with Crippen LogP contribution in [0.4, 0.5) is 0 Å². The molecule has 1 amide bonds. The summed E-state index contributed by atoms with van der Waals surface area (Å²) in [5, 5.41) is 0. The van der Waals surface area contributed by atoms with Gasteiger partial charge in [0.25, 0.3) is 0 Å². The quantitative estimate of drug-likeness (QED) is 0.730. The highest BCUT2D eigenvalue weighted by atomic mass is 32.2. The molecule has 2 fully saturated rings. The van der Waals surface area contributed by atoms with Crippen LogP contribution in [0.25, 0.3) is 0 Å². The highest BCUT2D eigenvalue weighted by Crippen LogP contribution is 2.18. The SMILES string of the molecule is CCN(C(=O)CN1CCCC1)C1CCS(=O)(=O)C1. The lowest BCUT2D eigenvalue weighted by molar-refractivity contribution is -0.133. The first-order valence-electron chi connectivity index (χ1n) is 6.74. The zero-order valence-electron chi connectivity index (χ0n) is 11.0. The first kappa shape index (κ1) is 13.8. The molecule has 2 aliphatic rings. The fourth-order valence-electron chi connectivity index (χ4n) is 2.88. The van der Waals surface area contributed by atoms with Gasteiger partial charge >= 0.3 is 0 Å². The molecule has 1 atom stereocenters. The molecule has 0 N–H and O–H groups in total. The van der Waals surface area contributed by atoms with Crippen molar-refractivity contribution >= 4 is 15.7 Å². The van der Waals surface area contributed by atoms with Crippen molar-refractivity contribution in [1.29, 1.82) is 0 Å². The van der Waals surface area contributed by atoms with Gasteiger partial charge in [0.05, 0.1) is 18.1 Å². The first-order chi connectivity index (χ1) is 8.52. The Hall–Kier alpha value is -0.620. The normalized spacial score (nSPS) is 27.5. The van der Waals surface area contributed by atoms with Crippen molar-refractivity contribution in [2.24, 2.45) is 0 Å². The fourth-order valence-corrected chi connectivity index (χ4v) is 4.61. The van der Waals surface area contributed by atoms with Crippen molar-refractivity contribution in [2.45, 2.75) is 32.2 Å². The number of amides is 1. The fraction of sp³-hybridized carbons (Fsp3) is 0.917. The second-order valence-electron chi connectivity index (χ2n) is 5.22. The van der Waals surface area contributed by atoms with E-state index in [0.717, 1.165) is 25.9 Å². The molecule has 0 aromatic carbocycles. The summed E-state index contributed by atoms with van der Waals surface area (Å²) in [6.07, 6.45) is 2.93. The molecule has 0 aromatic rings. The third-order valence-corrected chi connectivity index (χ3v) is 5.62. The predicted molar refractivity (Wildman–Crippen MR) is 70.1 cm³/mol. The van der Waals surface area contributed by atoms with Gasteiger partial charge in [-0.3, -0.25) is 9.69 Å². The Balaban J connectivity index is 1.93. The Morgan fingerprint density at radius 3 is 2.50 bits per heavy atom. The lowest BCUT2D eigenvalue weighted by atomic mass is 10.2. The molecule has 2 heterocycles. The van der Waals surface area contributed by atoms with Crippen LogP contribution in [0, 0.1) is 0 Å². The number of likely N-dealkylation sites (N-methyl/N-ethyl adjacent to an activating group) is 1. The molecule has 6 heteroatoms. The van der Waals surface area contributed by atoms with E-state index >= 15 is 0 Å². The maximum absolute atomic E-state index is 12.2. The summed E-state index contributed by atoms with van der Waals surface area (Å²) >= 11 is 0. The van der Waals surface area contributed by atoms with E-state index < -0.39 is 9.84 Å². The number of carbonyl (C=O) groups is 1. The topological polar surface area (TPSA) is 57.7 Å². The highest BCUT2D eigenvalue weighted by Gasteiger charge is 2.34. The lowest BCUT2D eigenvalue weighted by Gasteiger charge is -2.28. The monoisotopic (exact) mass is 274 g/mol. The molecule has 104 valence electrons. The van der Waals surface area contributed by atoms with E-state index in [1.165, 1.54) is 0 Å². The first-order valence-corrected chi connectivity index (χ1v) is 8.56. The van der Waals surface area contributed by atoms with Crippen LogP contribution in [-0.2, 0) is 14.6 Å². The molecule has 18 heavy (non-hydrogen) atoms. The zero-order valence-corrected chi connectivity index (χ0v) is 11.8. The van der Waals surface area contributed by atoms with Crippen LogP contribution in [0.3, 0.4) is 0 Å². The van der Waals surface area contributed by atoms with E-state index in [-0.39, 0.29) is 23.5 Å². The average molecular weight is 274 g/mol. The van der Waals surface area contributed by atoms with Gasteiger partial charge in [0.15, 0.2) is 9.84 Å². The number of hydrogen-bond donors (Lipinski definition) is 0. The summed E-state index contributed by atoms with van der Waals surface area (Å²) in [6, 6.07) is -0.102. The van der Waals surface area contributed by atoms with E-state index in [4.69, 9.17) is 0 Å². The molecular weight excluding hydrogens is 252 g/mol. The minimum Gasteiger partial charge on any atom is -0.338 e. The maximum atomic E-state index is 12.2. The summed E-state index contributed by atoms with van der Waals surface area (Å²) in [4.78, 5) is 16.1. The van der Waals surface area contributed by atoms with E-state index in [1.807, 2.05) is 6.92 Å². The lowest BCUT2D eigenvalue weighted by Crippen LogP contribution is -2.45. The minimum atomic E-state index is -2.92. The summed E-state index contributed by atoms with van der Waals surface area (Å²) in [6.45, 7) is 4.96. The average Bonchev–Trinajstić information content (AvgIpc) is 2.89. The second kappa shape index (κ2) is 5.57. The van der Waals surface area contributed by atoms with Crippen molar-refractivity contribution in [2.75, 3.05) is 37.7 Å². The van der Waals surface area contributed by atoms with Crippen molar-refractivity contribution in [3.05, 3.63) is 0 Å². The predicted octanol–water partition coefficient (Wildman–Crippen LogP) is 0.118. The van der Waals surface area contributed by atoms with Crippen LogP contribution < -0.4 is 0 Å². The van der Waals surface area contributed by atoms with Crippen LogP contribution in [0.2, 0.25) is 0 Å². The van der Waals surface area contributed by atoms with Crippen LogP contribution in [0.1, 0.15) is 26.2 Å². The number of hydrogen-bond acceptors (Lipinski definition) is 4. The summed E-state index contributed by atoms with van der Waals surface area (Å²) in [5.41, 5.74) is 0. The van der Waals surface area contributed by atoms with Crippen LogP contribution >= 0.6 is 0 Å². The zero-order chi connectivity index (χ0) is 13.2. The van der Waals surface area contributed by atoms with Gasteiger partial charge in [-0.1, -0.05) is 0 Å². The molecule has 5 nitrogen and oxygen atoms in total. The maximum Gasteiger partial charge on any atom is 0.237 e. The van der Waals surface area contributed by atoms with E-state index in [1.54, 1.807) is 4.90 Å². The molecule has 0 saturated carbocycles. The van der Waals surface area contributed by atoms with Crippen molar-refractivity contribution in [3.63, 3.8) is 0 Å². The van der Waals surface area contributed by atoms with Crippen molar-refractivity contribution in [3.8, 4) is 0 Å². The molecule has 2 saturated heterocycles. The van der Waals surface area contributed by atoms with Gasteiger partial charge < -0.3 is 4.90 Å². The molecule has 0 aliphatic carbocycles. The van der Waals surface area contributed by atoms with Crippen LogP contribution in [0.15, 0.2) is 0 Å². The molecule has 2 rings (SSSR count). The van der Waals surface area contributed by atoms with E-state index in [9.17, 15) is 13.2 Å². The Morgan fingerprint density at radius 1 is 1.33 bits per heavy atom. The third kappa shape index (κ3) is 3.23. The van der Waals surface area contributed by atoms with Crippen molar-refractivity contribution in [1.82, 2.24) is 9.80 Å². The van der Waals surface area contributed by atoms with Gasteiger partial charge in [0, 0.05) is 12.6 Å². The Bertz CT molecular complexity index is 402. The van der Waals surface area contributed by atoms with E-state index in [0.29, 0.717) is 19.5 Å². The van der Waals surface area contributed by atoms with Crippen molar-refractivity contribution < 1.29 is 13.2 Å². The molecule has 0 radical (unpaired) electrons. The Labute approximate surface area is 109 Å². The molecule has 0 aromatic heterocycles. The molecule has 0 bridgehead atoms. The standard InChI is InChI=1S/C12H22N2O3S/c1-2-14(11-5-8-18(16,17)10-11)12(15)9-13-6-3-4-7-13/h11H,2-10H2,1H3. The van der Waals surface area contributed by atoms with Crippen LogP contribution in [0.5, 0.6) is 0 Å². The largest absolute Gasteiger partial charge is 0.338 e. The number of carbonyl (C=O) groups excluding carboxylic acids is 1. The van der Waals surface area contributed by atoms with Gasteiger partial charge in [-0.05, 0) is 39.3 Å². The summed E-state index contributed by atoms with van der Waals surface area (Å²) in [7, 11) is -2.92. The van der Waals surface area contributed by atoms with Gasteiger partial charge in [-0.25, -0.2) is 8.42 Å². The summed E-state index contributed by atoms with van der Waals surface area (Å²) < 4.78 is 23.0. The third-order valence-electron chi connectivity index (χ3n) is 3.87. The van der Waals surface area contributed by atoms with E-state index in [2.05, 4.69) is 4.90 Å².